The van der Waals surface area contributed by atoms with Crippen molar-refractivity contribution < 1.29 is 33.5 Å². The molecule has 1 fully saturated rings. The van der Waals surface area contributed by atoms with Crippen molar-refractivity contribution >= 4 is 58.8 Å². The molecule has 1 atom stereocenters. The van der Waals surface area contributed by atoms with E-state index in [0.717, 1.165) is 16.7 Å². The van der Waals surface area contributed by atoms with Crippen molar-refractivity contribution in [1.29, 1.82) is 0 Å². The number of amides is 4. The Hall–Kier alpha value is -5.55. The van der Waals surface area contributed by atoms with Gasteiger partial charge in [-0.15, -0.1) is 11.8 Å². The fraction of sp³-hybridized carbons (Fsp3) is 0.0606. The number of nitrogens with zero attached hydrogens (tertiary/aromatic N) is 1. The Kier molecular flexibility index (Phi) is 8.96. The lowest BCUT2D eigenvalue weighted by atomic mass is 10.1. The number of carbonyl (C=O) groups excluding carboxylic acids is 4. The van der Waals surface area contributed by atoms with E-state index in [4.69, 9.17) is 5.11 Å². The molecule has 0 radical (unpaired) electrons. The number of carboxylic acid groups (broad SMARTS) is 1. The highest BCUT2D eigenvalue weighted by Gasteiger charge is 2.40. The Morgan fingerprint density at radius 1 is 0.864 bits per heavy atom. The largest absolute Gasteiger partial charge is 0.478 e. The summed E-state index contributed by atoms with van der Waals surface area (Å²) in [5, 5.41) is 13.6. The van der Waals surface area contributed by atoms with Gasteiger partial charge in [-0.3, -0.25) is 19.2 Å². The number of hydrogen-bond acceptors (Lipinski definition) is 6. The molecule has 0 saturated carbocycles. The highest BCUT2D eigenvalue weighted by Crippen LogP contribution is 2.35. The van der Waals surface area contributed by atoms with Crippen molar-refractivity contribution in [3.05, 3.63) is 131 Å². The Balaban J connectivity index is 1.32. The second-order valence-corrected chi connectivity index (χ2v) is 10.9. The van der Waals surface area contributed by atoms with Gasteiger partial charge in [-0.1, -0.05) is 42.5 Å². The van der Waals surface area contributed by atoms with Gasteiger partial charge in [0, 0.05) is 28.1 Å². The van der Waals surface area contributed by atoms with E-state index in [-0.39, 0.29) is 28.9 Å². The van der Waals surface area contributed by atoms with Gasteiger partial charge in [-0.2, -0.15) is 0 Å². The van der Waals surface area contributed by atoms with Crippen molar-refractivity contribution in [2.45, 2.75) is 16.6 Å². The van der Waals surface area contributed by atoms with Gasteiger partial charge in [0.15, 0.2) is 0 Å². The quantitative estimate of drug-likeness (QED) is 0.172. The van der Waals surface area contributed by atoms with Crippen LogP contribution in [0.25, 0.3) is 6.08 Å². The molecule has 4 aromatic rings. The molecule has 11 heteroatoms. The predicted octanol–water partition coefficient (Wildman–Crippen LogP) is 5.36. The minimum Gasteiger partial charge on any atom is -0.478 e. The van der Waals surface area contributed by atoms with Gasteiger partial charge in [0.05, 0.1) is 16.5 Å². The fourth-order valence-corrected chi connectivity index (χ4v) is 5.53. The van der Waals surface area contributed by atoms with Crippen LogP contribution in [-0.2, 0) is 14.4 Å². The first-order valence-electron chi connectivity index (χ1n) is 13.3. The molecule has 0 aliphatic carbocycles. The summed E-state index contributed by atoms with van der Waals surface area (Å²) in [4.78, 5) is 64.8. The zero-order chi connectivity index (χ0) is 31.2. The third-order valence-electron chi connectivity index (χ3n) is 6.58. The third-order valence-corrected chi connectivity index (χ3v) is 7.76. The van der Waals surface area contributed by atoms with Crippen LogP contribution in [0, 0.1) is 5.82 Å². The first-order chi connectivity index (χ1) is 21.2. The topological polar surface area (TPSA) is 133 Å². The van der Waals surface area contributed by atoms with Gasteiger partial charge in [0.25, 0.3) is 11.8 Å². The average Bonchev–Trinajstić information content (AvgIpc) is 3.30. The number of rotatable bonds is 9. The second-order valence-electron chi connectivity index (χ2n) is 9.61. The molecule has 1 saturated heterocycles. The Morgan fingerprint density at radius 3 is 2.27 bits per heavy atom. The summed E-state index contributed by atoms with van der Waals surface area (Å²) in [6.07, 6.45) is 1.17. The highest BCUT2D eigenvalue weighted by molar-refractivity contribution is 8.00. The van der Waals surface area contributed by atoms with E-state index in [1.165, 1.54) is 48.5 Å². The highest BCUT2D eigenvalue weighted by atomic mass is 32.2. The number of halogens is 1. The molecule has 44 heavy (non-hydrogen) atoms. The molecule has 0 aromatic heterocycles. The number of anilines is 2. The van der Waals surface area contributed by atoms with Crippen LogP contribution in [0.5, 0.6) is 0 Å². The second kappa shape index (κ2) is 13.2. The number of benzene rings is 4. The molecule has 3 N–H and O–H groups in total. The van der Waals surface area contributed by atoms with Crippen LogP contribution >= 0.6 is 11.8 Å². The molecule has 1 aliphatic heterocycles. The van der Waals surface area contributed by atoms with Crippen LogP contribution in [0.15, 0.2) is 114 Å². The van der Waals surface area contributed by atoms with Gasteiger partial charge in [-0.05, 0) is 66.7 Å². The van der Waals surface area contributed by atoms with E-state index >= 15 is 0 Å². The van der Waals surface area contributed by atoms with Gasteiger partial charge < -0.3 is 15.7 Å². The maximum Gasteiger partial charge on any atom is 0.335 e. The van der Waals surface area contributed by atoms with Crippen molar-refractivity contribution in [3.8, 4) is 0 Å². The molecular formula is C33H24FN3O6S. The summed E-state index contributed by atoms with van der Waals surface area (Å²) in [6, 6.07) is 26.1. The summed E-state index contributed by atoms with van der Waals surface area (Å²) >= 11 is 1.14. The lowest BCUT2D eigenvalue weighted by molar-refractivity contribution is -0.121. The van der Waals surface area contributed by atoms with E-state index in [2.05, 4.69) is 10.6 Å². The smallest absolute Gasteiger partial charge is 0.335 e. The Bertz CT molecular complexity index is 1790. The zero-order valence-corrected chi connectivity index (χ0v) is 23.7. The van der Waals surface area contributed by atoms with Gasteiger partial charge in [0.1, 0.15) is 11.5 Å². The molecular weight excluding hydrogens is 585 g/mol. The van der Waals surface area contributed by atoms with E-state index < -0.39 is 40.7 Å². The molecule has 220 valence electrons. The van der Waals surface area contributed by atoms with Crippen molar-refractivity contribution in [2.75, 3.05) is 10.2 Å². The SMILES string of the molecule is O=C(Nc1cccc(SC2CC(=O)N(c3ccc(C(=O)O)cc3)C2=O)c1)/C(=C/c1ccccc1F)NC(=O)c1ccccc1. The lowest BCUT2D eigenvalue weighted by Gasteiger charge is -2.15. The summed E-state index contributed by atoms with van der Waals surface area (Å²) in [5.41, 5.74) is 0.863. The number of hydrogen-bond donors (Lipinski definition) is 3. The predicted molar refractivity (Wildman–Crippen MR) is 164 cm³/mol. The number of thioether (sulfide) groups is 1. The number of carbonyl (C=O) groups is 5. The Morgan fingerprint density at radius 2 is 1.57 bits per heavy atom. The number of aromatic carboxylic acids is 1. The molecule has 4 aromatic carbocycles. The average molecular weight is 610 g/mol. The van der Waals surface area contributed by atoms with Crippen molar-refractivity contribution in [2.24, 2.45) is 0 Å². The van der Waals surface area contributed by atoms with Crippen LogP contribution < -0.4 is 15.5 Å². The summed E-state index contributed by atoms with van der Waals surface area (Å²) in [7, 11) is 0. The zero-order valence-electron chi connectivity index (χ0n) is 22.9. The molecule has 1 aliphatic rings. The Labute approximate surface area is 255 Å². The molecule has 5 rings (SSSR count). The van der Waals surface area contributed by atoms with Crippen LogP contribution in [-0.4, -0.2) is 40.0 Å². The van der Waals surface area contributed by atoms with E-state index in [0.29, 0.717) is 16.1 Å². The minimum atomic E-state index is -1.12. The van der Waals surface area contributed by atoms with Gasteiger partial charge in [-0.25, -0.2) is 14.1 Å². The van der Waals surface area contributed by atoms with Crippen LogP contribution in [0.1, 0.15) is 32.7 Å². The maximum absolute atomic E-state index is 14.4. The molecule has 0 spiro atoms. The lowest BCUT2D eigenvalue weighted by Crippen LogP contribution is -2.31. The van der Waals surface area contributed by atoms with Crippen molar-refractivity contribution in [1.82, 2.24) is 5.32 Å². The maximum atomic E-state index is 14.4. The number of imide groups is 1. The first kappa shape index (κ1) is 29.9. The minimum absolute atomic E-state index is 0.0316. The van der Waals surface area contributed by atoms with Crippen LogP contribution in [0.3, 0.4) is 0 Å². The van der Waals surface area contributed by atoms with E-state index in [1.807, 2.05) is 0 Å². The normalized spacial score (nSPS) is 14.8. The number of nitrogens with one attached hydrogen (secondary N) is 2. The van der Waals surface area contributed by atoms with Gasteiger partial charge in [0.2, 0.25) is 11.8 Å². The number of carboxylic acids is 1. The summed E-state index contributed by atoms with van der Waals surface area (Å²) < 4.78 is 14.4. The van der Waals surface area contributed by atoms with Crippen molar-refractivity contribution in [3.63, 3.8) is 0 Å². The molecule has 4 amide bonds. The van der Waals surface area contributed by atoms with E-state index in [9.17, 15) is 28.4 Å². The molecule has 1 unspecified atom stereocenters. The van der Waals surface area contributed by atoms with E-state index in [1.54, 1.807) is 60.7 Å². The fourth-order valence-electron chi connectivity index (χ4n) is 4.42. The summed E-state index contributed by atoms with van der Waals surface area (Å²) in [5.74, 6) is -3.83. The first-order valence-corrected chi connectivity index (χ1v) is 14.2. The summed E-state index contributed by atoms with van der Waals surface area (Å²) in [6.45, 7) is 0. The molecule has 9 nitrogen and oxygen atoms in total. The van der Waals surface area contributed by atoms with Crippen LogP contribution in [0.4, 0.5) is 15.8 Å². The van der Waals surface area contributed by atoms with Gasteiger partial charge >= 0.3 is 5.97 Å². The molecule has 0 bridgehead atoms. The van der Waals surface area contributed by atoms with Crippen LogP contribution in [0.2, 0.25) is 0 Å². The standard InChI is InChI=1S/C33H24FN3O6S/c34-26-12-5-4-9-22(26)17-27(36-30(39)20-7-2-1-3-8-20)31(40)35-23-10-6-11-25(18-23)44-28-19-29(38)37(32(28)41)24-15-13-21(14-16-24)33(42)43/h1-18,28H,19H2,(H,35,40)(H,36,39)(H,42,43)/b27-17-. The third kappa shape index (κ3) is 6.90. The monoisotopic (exact) mass is 609 g/mol. The molecule has 1 heterocycles.